The third-order valence-electron chi connectivity index (χ3n) is 9.43. The molecule has 5 aromatic rings. The van der Waals surface area contributed by atoms with Crippen molar-refractivity contribution in [3.05, 3.63) is 111 Å². The van der Waals surface area contributed by atoms with Crippen LogP contribution < -0.4 is 4.74 Å². The molecule has 2 aliphatic heterocycles. The largest absolute Gasteiger partial charge is 0.487 e. The Bertz CT molecular complexity index is 2160. The van der Waals surface area contributed by atoms with E-state index in [0.29, 0.717) is 12.2 Å². The van der Waals surface area contributed by atoms with Crippen molar-refractivity contribution in [3.63, 3.8) is 0 Å². The summed E-state index contributed by atoms with van der Waals surface area (Å²) < 4.78 is 7.29. The van der Waals surface area contributed by atoms with Crippen molar-refractivity contribution in [3.8, 4) is 28.0 Å². The molecule has 7 heteroatoms. The standard InChI is InChI=1S/C40H41BrN4O2/c1-23-7-11-25(12-8-23)27-17-31-37(41)33-21-39(3,4)35(44-33)20-30-28(26-13-9-24(2)10-14-26)18-32(43-30)38(47-16-15-46)34-22-40(5,6)36(45-34)19-29(27)42-31/h7-14,17-20,42-43,46H,15-16,21-22H2,1-6H3. The number of hydrogen-bond acceptors (Lipinski definition) is 4. The predicted octanol–water partition coefficient (Wildman–Crippen LogP) is 9.44. The Morgan fingerprint density at radius 3 is 1.68 bits per heavy atom. The van der Waals surface area contributed by atoms with Crippen LogP contribution in [0.1, 0.15) is 61.6 Å². The minimum absolute atomic E-state index is 0.0898. The molecule has 5 heterocycles. The Hall–Kier alpha value is -4.20. The third kappa shape index (κ3) is 5.92. The topological polar surface area (TPSA) is 86.8 Å². The highest BCUT2D eigenvalue weighted by atomic mass is 79.9. The van der Waals surface area contributed by atoms with E-state index in [-0.39, 0.29) is 24.0 Å². The van der Waals surface area contributed by atoms with Crippen molar-refractivity contribution in [1.29, 1.82) is 0 Å². The molecule has 0 aliphatic carbocycles. The number of H-pyrrole nitrogens is 2. The second-order valence-corrected chi connectivity index (χ2v) is 15.1. The average molecular weight is 690 g/mol. The van der Waals surface area contributed by atoms with Gasteiger partial charge in [0.25, 0.3) is 0 Å². The summed E-state index contributed by atoms with van der Waals surface area (Å²) in [5.41, 5.74) is 14.0. The van der Waals surface area contributed by atoms with Crippen LogP contribution in [0, 0.1) is 13.8 Å². The van der Waals surface area contributed by atoms with E-state index in [0.717, 1.165) is 78.0 Å². The molecule has 0 amide bonds. The van der Waals surface area contributed by atoms with Crippen molar-refractivity contribution in [1.82, 2.24) is 19.9 Å². The summed E-state index contributed by atoms with van der Waals surface area (Å²) in [4.78, 5) is 17.9. The highest BCUT2D eigenvalue weighted by molar-refractivity contribution is 9.10. The van der Waals surface area contributed by atoms with Crippen molar-refractivity contribution >= 4 is 38.0 Å². The molecule has 0 unspecified atom stereocenters. The summed E-state index contributed by atoms with van der Waals surface area (Å²) in [5, 5.41) is 9.82. The van der Waals surface area contributed by atoms with Gasteiger partial charge in [0.05, 0.1) is 33.5 Å². The lowest BCUT2D eigenvalue weighted by atomic mass is 9.86. The molecule has 0 spiro atoms. The highest BCUT2D eigenvalue weighted by Crippen LogP contribution is 2.41. The minimum atomic E-state index is -0.252. The molecule has 3 N–H and O–H groups in total. The number of benzene rings is 2. The van der Waals surface area contributed by atoms with E-state index >= 15 is 0 Å². The fourth-order valence-electron chi connectivity index (χ4n) is 6.65. The van der Waals surface area contributed by atoms with Crippen LogP contribution in [0.25, 0.3) is 44.3 Å². The van der Waals surface area contributed by atoms with Crippen molar-refractivity contribution in [2.45, 2.75) is 65.2 Å². The minimum Gasteiger partial charge on any atom is -0.487 e. The van der Waals surface area contributed by atoms with E-state index in [1.165, 1.54) is 11.1 Å². The number of nitrogens with zero attached hydrogens (tertiary/aromatic N) is 2. The number of nitrogens with one attached hydrogen (secondary N) is 2. The second-order valence-electron chi connectivity index (χ2n) is 14.3. The molecule has 47 heavy (non-hydrogen) atoms. The van der Waals surface area contributed by atoms with Gasteiger partial charge in [0, 0.05) is 57.2 Å². The van der Waals surface area contributed by atoms with E-state index in [9.17, 15) is 5.11 Å². The molecule has 3 aromatic heterocycles. The van der Waals surface area contributed by atoms with Gasteiger partial charge in [0.2, 0.25) is 0 Å². The van der Waals surface area contributed by atoms with Crippen LogP contribution in [0.15, 0.2) is 77.3 Å². The Balaban J connectivity index is 1.62. The predicted molar refractivity (Wildman–Crippen MR) is 195 cm³/mol. The number of rotatable bonds is 5. The van der Waals surface area contributed by atoms with E-state index in [1.54, 1.807) is 0 Å². The third-order valence-corrected chi connectivity index (χ3v) is 10.3. The van der Waals surface area contributed by atoms with E-state index in [1.807, 2.05) is 0 Å². The average Bonchev–Trinajstić information content (AvgIpc) is 3.78. The van der Waals surface area contributed by atoms with Crippen molar-refractivity contribution < 1.29 is 9.84 Å². The number of aliphatic hydroxyl groups is 1. The first kappa shape index (κ1) is 31.4. The van der Waals surface area contributed by atoms with Gasteiger partial charge in [-0.2, -0.15) is 0 Å². The van der Waals surface area contributed by atoms with Crippen LogP contribution >= 0.6 is 15.9 Å². The summed E-state index contributed by atoms with van der Waals surface area (Å²) in [6.07, 6.45) is 1.48. The zero-order chi connectivity index (χ0) is 33.1. The van der Waals surface area contributed by atoms with E-state index < -0.39 is 0 Å². The van der Waals surface area contributed by atoms with Gasteiger partial charge < -0.3 is 19.8 Å². The van der Waals surface area contributed by atoms with Crippen LogP contribution in [0.5, 0.6) is 5.75 Å². The molecule has 0 fully saturated rings. The lowest BCUT2D eigenvalue weighted by molar-refractivity contribution is 0.201. The zero-order valence-corrected chi connectivity index (χ0v) is 29.5. The van der Waals surface area contributed by atoms with E-state index in [4.69, 9.17) is 14.7 Å². The summed E-state index contributed by atoms with van der Waals surface area (Å²) in [7, 11) is 0. The van der Waals surface area contributed by atoms with Crippen LogP contribution in [-0.4, -0.2) is 38.3 Å². The Kier molecular flexibility index (Phi) is 7.88. The van der Waals surface area contributed by atoms with Gasteiger partial charge in [0.1, 0.15) is 6.61 Å². The lowest BCUT2D eigenvalue weighted by Gasteiger charge is -2.16. The van der Waals surface area contributed by atoms with Crippen molar-refractivity contribution in [2.24, 2.45) is 0 Å². The zero-order valence-electron chi connectivity index (χ0n) is 27.9. The summed E-state index contributed by atoms with van der Waals surface area (Å²) in [6.45, 7) is 13.2. The Labute approximate surface area is 284 Å². The van der Waals surface area contributed by atoms with Crippen LogP contribution in [0.4, 0.5) is 0 Å². The molecular formula is C40H41BrN4O2. The van der Waals surface area contributed by atoms with Crippen LogP contribution in [0.3, 0.4) is 0 Å². The molecule has 0 saturated heterocycles. The first-order chi connectivity index (χ1) is 22.4. The number of aromatic nitrogens is 4. The van der Waals surface area contributed by atoms with Gasteiger partial charge in [-0.1, -0.05) is 87.4 Å². The summed E-state index contributed by atoms with van der Waals surface area (Å²) in [5.74, 6) is 0.664. The maximum atomic E-state index is 9.82. The first-order valence-corrected chi connectivity index (χ1v) is 17.1. The Morgan fingerprint density at radius 2 is 1.15 bits per heavy atom. The summed E-state index contributed by atoms with van der Waals surface area (Å²) >= 11 is 3.98. The maximum Gasteiger partial charge on any atom is 0.164 e. The lowest BCUT2D eigenvalue weighted by Crippen LogP contribution is -2.15. The fourth-order valence-corrected chi connectivity index (χ4v) is 7.09. The molecule has 6 nitrogen and oxygen atoms in total. The van der Waals surface area contributed by atoms with Crippen LogP contribution in [0.2, 0.25) is 0 Å². The molecule has 2 aromatic carbocycles. The quantitative estimate of drug-likeness (QED) is 0.172. The second kappa shape index (κ2) is 11.8. The molecule has 240 valence electrons. The maximum absolute atomic E-state index is 9.82. The smallest absolute Gasteiger partial charge is 0.164 e. The molecule has 0 atom stereocenters. The van der Waals surface area contributed by atoms with Gasteiger partial charge in [-0.15, -0.1) is 0 Å². The van der Waals surface area contributed by atoms with Gasteiger partial charge in [-0.05, 0) is 65.2 Å². The number of aryl methyl sites for hydroxylation is 2. The highest BCUT2D eigenvalue weighted by Gasteiger charge is 2.33. The number of ether oxygens (including phenoxy) is 1. The van der Waals surface area contributed by atoms with E-state index in [2.05, 4.69) is 140 Å². The van der Waals surface area contributed by atoms with Gasteiger partial charge in [-0.25, -0.2) is 0 Å². The van der Waals surface area contributed by atoms with Gasteiger partial charge in [-0.3, -0.25) is 9.97 Å². The Morgan fingerprint density at radius 1 is 0.681 bits per heavy atom. The van der Waals surface area contributed by atoms with Gasteiger partial charge in [0.15, 0.2) is 5.75 Å². The van der Waals surface area contributed by atoms with Gasteiger partial charge >= 0.3 is 0 Å². The fraction of sp³-hybridized carbons (Fsp3) is 0.300. The summed E-state index contributed by atoms with van der Waals surface area (Å²) in [6, 6.07) is 26.0. The monoisotopic (exact) mass is 688 g/mol. The SMILES string of the molecule is Cc1ccc(-c2cc3[nH]c2cc2nc(c(OCCO)c4cc(-c5ccc(C)cc5)c(cc5nc(c3Br)CC5(C)C)[nH]4)CC2(C)C)cc1. The number of hydrogen-bond donors (Lipinski definition) is 3. The normalized spacial score (nSPS) is 15.1. The molecule has 7 rings (SSSR count). The molecular weight excluding hydrogens is 648 g/mol. The molecule has 0 radical (unpaired) electrons. The first-order valence-electron chi connectivity index (χ1n) is 16.3. The number of halogens is 1. The number of aliphatic hydroxyl groups excluding tert-OH is 1. The molecule has 2 aliphatic rings. The number of aromatic amines is 2. The number of fused-ring (bicyclic) bond motifs is 8. The van der Waals surface area contributed by atoms with Crippen LogP contribution in [-0.2, 0) is 23.7 Å². The van der Waals surface area contributed by atoms with Crippen molar-refractivity contribution in [2.75, 3.05) is 13.2 Å². The molecule has 8 bridgehead atoms. The molecule has 0 saturated carbocycles.